The zero-order valence-electron chi connectivity index (χ0n) is 23.2. The summed E-state index contributed by atoms with van der Waals surface area (Å²) in [5.74, 6) is -3.46. The molecule has 11 heteroatoms. The minimum absolute atomic E-state index is 0.00927. The number of aliphatic hydroxyl groups is 1. The number of rotatable bonds is 6. The fraction of sp³-hybridized carbons (Fsp3) is 0.500. The summed E-state index contributed by atoms with van der Waals surface area (Å²) >= 11 is 0. The Morgan fingerprint density at radius 2 is 1.80 bits per heavy atom. The second-order valence-corrected chi connectivity index (χ2v) is 11.2. The average molecular weight is 570 g/mol. The van der Waals surface area contributed by atoms with Gasteiger partial charge in [-0.2, -0.15) is 0 Å². The van der Waals surface area contributed by atoms with Gasteiger partial charge in [-0.1, -0.05) is 26.0 Å². The first-order valence-corrected chi connectivity index (χ1v) is 13.9. The van der Waals surface area contributed by atoms with E-state index in [1.54, 1.807) is 13.8 Å². The van der Waals surface area contributed by atoms with Gasteiger partial charge in [-0.3, -0.25) is 14.4 Å². The molecular weight excluding hydrogens is 534 g/mol. The molecule has 0 aromatic heterocycles. The maximum absolute atomic E-state index is 13.5. The van der Waals surface area contributed by atoms with E-state index in [2.05, 4.69) is 0 Å². The van der Waals surface area contributed by atoms with E-state index in [4.69, 9.17) is 19.9 Å². The van der Waals surface area contributed by atoms with Crippen LogP contribution in [-0.2, 0) is 25.4 Å². The molecule has 41 heavy (non-hydrogen) atoms. The standard InChI is InChI=1S/C30H35NO10/c1-4-7-19(33)41-29-13(3)39-20(10-16(29)31)40-18-12-30(38,5-2)11-15-22(18)28(37)24-23(26(15)35)25(34)14-8-6-9-17(32)21(14)27(24)36/h6,8-9,13,16,18,20,29,32,35,37-38H,4-5,7,10-12,31H2,1-3H3/t13-,16-,18-,20-,29+,30-/m0/s1. The van der Waals surface area contributed by atoms with Gasteiger partial charge < -0.3 is 40.4 Å². The van der Waals surface area contributed by atoms with Crippen molar-refractivity contribution >= 4 is 17.5 Å². The number of hydrogen-bond acceptors (Lipinski definition) is 11. The van der Waals surface area contributed by atoms with Crippen molar-refractivity contribution < 1.29 is 49.0 Å². The van der Waals surface area contributed by atoms with Crippen molar-refractivity contribution in [3.8, 4) is 17.2 Å². The summed E-state index contributed by atoms with van der Waals surface area (Å²) < 4.78 is 17.8. The highest BCUT2D eigenvalue weighted by molar-refractivity contribution is 6.31. The van der Waals surface area contributed by atoms with Crippen molar-refractivity contribution in [2.24, 2.45) is 5.73 Å². The van der Waals surface area contributed by atoms with E-state index in [0.29, 0.717) is 6.42 Å². The number of benzene rings is 2. The predicted molar refractivity (Wildman–Crippen MR) is 144 cm³/mol. The van der Waals surface area contributed by atoms with Crippen molar-refractivity contribution in [3.63, 3.8) is 0 Å². The van der Waals surface area contributed by atoms with Crippen LogP contribution in [0.2, 0.25) is 0 Å². The van der Waals surface area contributed by atoms with Crippen molar-refractivity contribution in [1.29, 1.82) is 0 Å². The Labute approximate surface area is 236 Å². The van der Waals surface area contributed by atoms with Gasteiger partial charge in [-0.05, 0) is 25.8 Å². The SMILES string of the molecule is CCCC(=O)O[C@@H]1[C@H](C)O[C@@H](O[C@H]2C[C@](O)(CC)Cc3c(O)c4c(c(O)c32)C(=O)c2c(O)cccc2C4=O)C[C@@H]1N. The van der Waals surface area contributed by atoms with Crippen LogP contribution in [-0.4, -0.2) is 68.1 Å². The number of carbonyl (C=O) groups is 3. The molecule has 5 rings (SSSR count). The number of ether oxygens (including phenoxy) is 3. The summed E-state index contributed by atoms with van der Waals surface area (Å²) in [5, 5.41) is 44.6. The summed E-state index contributed by atoms with van der Waals surface area (Å²) in [6.45, 7) is 5.32. The molecule has 0 spiro atoms. The maximum Gasteiger partial charge on any atom is 0.306 e. The van der Waals surface area contributed by atoms with Crippen LogP contribution >= 0.6 is 0 Å². The summed E-state index contributed by atoms with van der Waals surface area (Å²) in [4.78, 5) is 39.0. The molecule has 1 saturated heterocycles. The van der Waals surface area contributed by atoms with Gasteiger partial charge in [-0.15, -0.1) is 0 Å². The van der Waals surface area contributed by atoms with Gasteiger partial charge in [0.05, 0.1) is 34.5 Å². The van der Waals surface area contributed by atoms with E-state index < -0.39 is 70.6 Å². The third-order valence-electron chi connectivity index (χ3n) is 8.36. The van der Waals surface area contributed by atoms with Crippen molar-refractivity contribution in [2.75, 3.05) is 0 Å². The fourth-order valence-electron chi connectivity index (χ4n) is 6.17. The number of aromatic hydroxyl groups is 3. The molecule has 2 aromatic rings. The third kappa shape index (κ3) is 4.86. The Hall–Kier alpha value is -3.51. The third-order valence-corrected chi connectivity index (χ3v) is 8.36. The lowest BCUT2D eigenvalue weighted by atomic mass is 9.72. The van der Waals surface area contributed by atoms with Crippen molar-refractivity contribution in [3.05, 3.63) is 51.6 Å². The lowest BCUT2D eigenvalue weighted by Crippen LogP contribution is -2.54. The number of phenolic OH excluding ortho intramolecular Hbond substituents is 3. The van der Waals surface area contributed by atoms with E-state index in [1.165, 1.54) is 18.2 Å². The van der Waals surface area contributed by atoms with Gasteiger partial charge in [-0.25, -0.2) is 0 Å². The molecule has 0 radical (unpaired) electrons. The van der Waals surface area contributed by atoms with Gasteiger partial charge in [0, 0.05) is 48.4 Å². The van der Waals surface area contributed by atoms with E-state index in [0.717, 1.165) is 0 Å². The first-order chi connectivity index (χ1) is 19.4. The minimum Gasteiger partial charge on any atom is -0.507 e. The molecule has 6 atom stereocenters. The number of nitrogens with two attached hydrogens (primary N) is 1. The van der Waals surface area contributed by atoms with Gasteiger partial charge in [0.2, 0.25) is 5.78 Å². The Morgan fingerprint density at radius 3 is 2.46 bits per heavy atom. The van der Waals surface area contributed by atoms with Crippen molar-refractivity contribution in [2.45, 2.75) is 95.5 Å². The zero-order chi connectivity index (χ0) is 29.8. The highest BCUT2D eigenvalue weighted by Crippen LogP contribution is 2.52. The summed E-state index contributed by atoms with van der Waals surface area (Å²) in [5.41, 5.74) is 3.93. The van der Waals surface area contributed by atoms with E-state index in [9.17, 15) is 34.8 Å². The second-order valence-electron chi connectivity index (χ2n) is 11.2. The number of phenols is 3. The summed E-state index contributed by atoms with van der Waals surface area (Å²) in [6.07, 6.45) is -2.14. The monoisotopic (exact) mass is 569 g/mol. The van der Waals surface area contributed by atoms with Crippen LogP contribution in [0.5, 0.6) is 17.2 Å². The van der Waals surface area contributed by atoms with Crippen LogP contribution in [0.3, 0.4) is 0 Å². The summed E-state index contributed by atoms with van der Waals surface area (Å²) in [7, 11) is 0. The van der Waals surface area contributed by atoms with Crippen LogP contribution in [0.4, 0.5) is 0 Å². The Bertz CT molecular complexity index is 1410. The minimum atomic E-state index is -1.37. The molecule has 2 aromatic carbocycles. The van der Waals surface area contributed by atoms with Crippen molar-refractivity contribution in [1.82, 2.24) is 0 Å². The van der Waals surface area contributed by atoms with Crippen LogP contribution < -0.4 is 5.73 Å². The molecule has 2 aliphatic carbocycles. The van der Waals surface area contributed by atoms with Crippen LogP contribution in [0.25, 0.3) is 0 Å². The first kappa shape index (κ1) is 29.0. The number of hydrogen-bond donors (Lipinski definition) is 5. The van der Waals surface area contributed by atoms with Gasteiger partial charge >= 0.3 is 5.97 Å². The van der Waals surface area contributed by atoms with E-state index in [-0.39, 0.29) is 65.9 Å². The number of esters is 1. The second kappa shape index (κ2) is 10.7. The number of fused-ring (bicyclic) bond motifs is 3. The zero-order valence-corrected chi connectivity index (χ0v) is 23.2. The molecule has 1 aliphatic heterocycles. The van der Waals surface area contributed by atoms with E-state index >= 15 is 0 Å². The first-order valence-electron chi connectivity index (χ1n) is 13.9. The Morgan fingerprint density at radius 1 is 1.10 bits per heavy atom. The molecule has 0 unspecified atom stereocenters. The van der Waals surface area contributed by atoms with Gasteiger partial charge in [0.1, 0.15) is 23.4 Å². The molecular formula is C30H35NO10. The lowest BCUT2D eigenvalue weighted by Gasteiger charge is -2.43. The van der Waals surface area contributed by atoms with Gasteiger partial charge in [0.15, 0.2) is 12.1 Å². The molecule has 6 N–H and O–H groups in total. The number of ketones is 2. The fourth-order valence-corrected chi connectivity index (χ4v) is 6.17. The average Bonchev–Trinajstić information content (AvgIpc) is 2.91. The smallest absolute Gasteiger partial charge is 0.306 e. The quantitative estimate of drug-likeness (QED) is 0.217. The lowest BCUT2D eigenvalue weighted by molar-refractivity contribution is -0.252. The molecule has 11 nitrogen and oxygen atoms in total. The molecule has 1 heterocycles. The van der Waals surface area contributed by atoms with Crippen LogP contribution in [0, 0.1) is 0 Å². The molecule has 1 fully saturated rings. The molecule has 220 valence electrons. The van der Waals surface area contributed by atoms with Gasteiger partial charge in [0.25, 0.3) is 0 Å². The van der Waals surface area contributed by atoms with Crippen LogP contribution in [0.15, 0.2) is 18.2 Å². The van der Waals surface area contributed by atoms with Crippen LogP contribution in [0.1, 0.15) is 102 Å². The molecule has 3 aliphatic rings. The predicted octanol–water partition coefficient (Wildman–Crippen LogP) is 2.90. The largest absolute Gasteiger partial charge is 0.507 e. The summed E-state index contributed by atoms with van der Waals surface area (Å²) in [6, 6.07) is 3.40. The highest BCUT2D eigenvalue weighted by atomic mass is 16.7. The number of carbonyl (C=O) groups excluding carboxylic acids is 3. The maximum atomic E-state index is 13.5. The molecule has 0 bridgehead atoms. The molecule has 0 amide bonds. The highest BCUT2D eigenvalue weighted by Gasteiger charge is 2.47. The van der Waals surface area contributed by atoms with E-state index in [1.807, 2.05) is 6.92 Å². The Balaban J connectivity index is 1.53. The molecule has 0 saturated carbocycles. The Kier molecular flexibility index (Phi) is 7.58. The normalized spacial score (nSPS) is 29.0. The topological polar surface area (TPSA) is 186 Å².